The van der Waals surface area contributed by atoms with Crippen LogP contribution in [0.4, 0.5) is 14.6 Å². The lowest BCUT2D eigenvalue weighted by molar-refractivity contribution is 0.107. The van der Waals surface area contributed by atoms with Gasteiger partial charge in [0.1, 0.15) is 35.6 Å². The van der Waals surface area contributed by atoms with Crippen molar-refractivity contribution in [2.75, 3.05) is 37.6 Å². The van der Waals surface area contributed by atoms with Crippen LogP contribution in [0.3, 0.4) is 0 Å². The lowest BCUT2D eigenvalue weighted by Gasteiger charge is -2.46. The Kier molecular flexibility index (Phi) is 5.97. The third-order valence-electron chi connectivity index (χ3n) is 9.87. The maximum Gasteiger partial charge on any atom is 0.319 e. The quantitative estimate of drug-likeness (QED) is 0.341. The summed E-state index contributed by atoms with van der Waals surface area (Å²) in [6.07, 6.45) is 3.73. The van der Waals surface area contributed by atoms with E-state index in [0.717, 1.165) is 30.5 Å². The molecule has 9 rings (SSSR count). The Labute approximate surface area is 255 Å². The first-order chi connectivity index (χ1) is 22.1. The summed E-state index contributed by atoms with van der Waals surface area (Å²) in [6.45, 7) is 1.54. The highest BCUT2D eigenvalue weighted by Gasteiger charge is 2.49. The maximum atomic E-state index is 15.0. The molecule has 4 atom stereocenters. The molecule has 2 bridgehead atoms. The summed E-state index contributed by atoms with van der Waals surface area (Å²) < 4.78 is 54.8. The average Bonchev–Trinajstić information content (AvgIpc) is 3.59. The van der Waals surface area contributed by atoms with E-state index in [1.54, 1.807) is 6.07 Å². The standard InChI is InChI=1S/C32H35F2N7O3/c1-2-23-25(34)7-4-18-10-22(42)11-26(27(18)23)41-30(43)28-24(14-36-41)29(40-16-20-5-6-21(40)13-35-20)38-31(37-28)44-17-32-8-3-9-39(32)15-19(33)12-32/h4,7,10-11,14,19-21,35,42H,2-3,5-6,8-9,12-13,15-17H2,1H3/t19-,20?,21?,32+/m1/s1/i17D2. The van der Waals surface area contributed by atoms with Crippen LogP contribution in [0.15, 0.2) is 35.3 Å². The molecule has 0 spiro atoms. The first-order valence-electron chi connectivity index (χ1n) is 16.4. The molecule has 44 heavy (non-hydrogen) atoms. The summed E-state index contributed by atoms with van der Waals surface area (Å²) >= 11 is 0. The maximum absolute atomic E-state index is 15.0. The number of aryl methyl sites for hydroxylation is 1. The number of hydrogen-bond acceptors (Lipinski definition) is 9. The minimum atomic E-state index is -2.35. The lowest BCUT2D eigenvalue weighted by atomic mass is 9.93. The zero-order chi connectivity index (χ0) is 32.0. The SMILES string of the molecule is [2H]C([2H])(Oc1nc(N2CC3CCC2CN3)c2cnn(-c3cc(O)cc4ccc(F)c(CC)c34)c(=O)c2n1)[C@@]12CCCN1C[C@H](F)C2. The van der Waals surface area contributed by atoms with Gasteiger partial charge in [0.05, 0.1) is 25.6 Å². The molecule has 0 amide bonds. The van der Waals surface area contributed by atoms with Gasteiger partial charge in [0.2, 0.25) is 0 Å². The van der Waals surface area contributed by atoms with Crippen molar-refractivity contribution in [2.45, 2.75) is 69.2 Å². The van der Waals surface area contributed by atoms with Crippen molar-refractivity contribution in [3.8, 4) is 17.4 Å². The number of aromatic hydroxyl groups is 1. The molecule has 2 aromatic carbocycles. The molecular weight excluding hydrogens is 568 g/mol. The number of halogens is 2. The van der Waals surface area contributed by atoms with Crippen LogP contribution in [-0.2, 0) is 6.42 Å². The van der Waals surface area contributed by atoms with Crippen LogP contribution in [-0.4, -0.2) is 86.3 Å². The molecule has 0 saturated carbocycles. The number of benzene rings is 2. The van der Waals surface area contributed by atoms with Crippen molar-refractivity contribution in [3.05, 3.63) is 52.2 Å². The molecule has 2 N–H and O–H groups in total. The number of anilines is 1. The number of hydrogen-bond donors (Lipinski definition) is 2. The first kappa shape index (κ1) is 25.4. The molecular formula is C32H35F2N7O3. The van der Waals surface area contributed by atoms with Crippen LogP contribution in [0.25, 0.3) is 27.4 Å². The fourth-order valence-corrected chi connectivity index (χ4v) is 7.78. The largest absolute Gasteiger partial charge is 0.508 e. The Morgan fingerprint density at radius 2 is 2.14 bits per heavy atom. The van der Waals surface area contributed by atoms with Gasteiger partial charge in [-0.05, 0) is 61.7 Å². The molecule has 5 aliphatic rings. The zero-order valence-corrected chi connectivity index (χ0v) is 24.4. The van der Waals surface area contributed by atoms with Gasteiger partial charge in [0.25, 0.3) is 5.56 Å². The highest BCUT2D eigenvalue weighted by molar-refractivity contribution is 5.95. The smallest absolute Gasteiger partial charge is 0.319 e. The molecule has 4 aromatic rings. The van der Waals surface area contributed by atoms with Crippen LogP contribution >= 0.6 is 0 Å². The third-order valence-corrected chi connectivity index (χ3v) is 9.87. The normalized spacial score (nSPS) is 27.6. The highest BCUT2D eigenvalue weighted by Crippen LogP contribution is 2.41. The summed E-state index contributed by atoms with van der Waals surface area (Å²) in [5.41, 5.74) is -1.31. The molecule has 230 valence electrons. The van der Waals surface area contributed by atoms with Gasteiger partial charge < -0.3 is 20.1 Å². The van der Waals surface area contributed by atoms with Gasteiger partial charge in [-0.3, -0.25) is 9.69 Å². The minimum absolute atomic E-state index is 0.000388. The zero-order valence-electron chi connectivity index (χ0n) is 26.4. The summed E-state index contributed by atoms with van der Waals surface area (Å²) in [5, 5.41) is 20.0. The van der Waals surface area contributed by atoms with Crippen molar-refractivity contribution in [3.63, 3.8) is 0 Å². The van der Waals surface area contributed by atoms with E-state index < -0.39 is 29.6 Å². The number of nitrogens with zero attached hydrogens (tertiary/aromatic N) is 6. The number of piperidine rings is 2. The second kappa shape index (κ2) is 10.3. The van der Waals surface area contributed by atoms with E-state index in [1.165, 1.54) is 24.4 Å². The Balaban J connectivity index is 1.32. The number of rotatable bonds is 6. The number of fused-ring (bicyclic) bond motifs is 6. The summed E-state index contributed by atoms with van der Waals surface area (Å²) in [4.78, 5) is 27.5. The molecule has 2 aromatic heterocycles. The van der Waals surface area contributed by atoms with Crippen LogP contribution in [0.5, 0.6) is 11.8 Å². The number of aromatic nitrogens is 4. The monoisotopic (exact) mass is 605 g/mol. The van der Waals surface area contributed by atoms with Gasteiger partial charge >= 0.3 is 6.01 Å². The molecule has 0 aliphatic carbocycles. The number of phenols is 1. The Morgan fingerprint density at radius 1 is 1.25 bits per heavy atom. The molecule has 2 unspecified atom stereocenters. The lowest BCUT2D eigenvalue weighted by Crippen LogP contribution is -2.61. The number of alkyl halides is 1. The first-order valence-corrected chi connectivity index (χ1v) is 15.4. The number of ether oxygens (including phenoxy) is 1. The minimum Gasteiger partial charge on any atom is -0.508 e. The molecule has 5 fully saturated rings. The van der Waals surface area contributed by atoms with Crippen LogP contribution in [0, 0.1) is 5.82 Å². The summed E-state index contributed by atoms with van der Waals surface area (Å²) in [5.74, 6) is -0.138. The molecule has 12 heteroatoms. The van der Waals surface area contributed by atoms with E-state index >= 15 is 0 Å². The molecule has 7 heterocycles. The van der Waals surface area contributed by atoms with Gasteiger partial charge in [0.15, 0.2) is 0 Å². The predicted octanol–water partition coefficient (Wildman–Crippen LogP) is 3.63. The fraction of sp³-hybridized carbons (Fsp3) is 0.500. The van der Waals surface area contributed by atoms with E-state index in [4.69, 9.17) is 12.5 Å². The number of phenolic OH excluding ortho intramolecular Hbond substituents is 1. The van der Waals surface area contributed by atoms with Crippen LogP contribution in [0.1, 0.15) is 47.3 Å². The Morgan fingerprint density at radius 3 is 2.91 bits per heavy atom. The van der Waals surface area contributed by atoms with Gasteiger partial charge in [-0.1, -0.05) is 13.0 Å². The van der Waals surface area contributed by atoms with Crippen LogP contribution in [0.2, 0.25) is 0 Å². The number of piperazine rings is 1. The number of nitrogens with one attached hydrogen (secondary N) is 1. The van der Waals surface area contributed by atoms with Gasteiger partial charge in [0, 0.05) is 49.6 Å². The summed E-state index contributed by atoms with van der Waals surface area (Å²) in [6, 6.07) is 5.76. The Bertz CT molecular complexity index is 1940. The molecule has 5 aliphatic heterocycles. The topological polar surface area (TPSA) is 109 Å². The highest BCUT2D eigenvalue weighted by atomic mass is 19.1. The van der Waals surface area contributed by atoms with Crippen molar-refractivity contribution in [1.82, 2.24) is 30.0 Å². The van der Waals surface area contributed by atoms with E-state index in [-0.39, 0.29) is 48.0 Å². The van der Waals surface area contributed by atoms with E-state index in [0.29, 0.717) is 53.5 Å². The van der Waals surface area contributed by atoms with Gasteiger partial charge in [-0.25, -0.2) is 8.78 Å². The van der Waals surface area contributed by atoms with Crippen LogP contribution < -0.4 is 20.5 Å². The van der Waals surface area contributed by atoms with Gasteiger partial charge in [-0.15, -0.1) is 0 Å². The summed E-state index contributed by atoms with van der Waals surface area (Å²) in [7, 11) is 0. The van der Waals surface area contributed by atoms with Crippen molar-refractivity contribution in [1.29, 1.82) is 0 Å². The molecule has 10 nitrogen and oxygen atoms in total. The van der Waals surface area contributed by atoms with E-state index in [9.17, 15) is 18.7 Å². The van der Waals surface area contributed by atoms with E-state index in [2.05, 4.69) is 20.3 Å². The molecule has 5 saturated heterocycles. The average molecular weight is 606 g/mol. The second-order valence-corrected chi connectivity index (χ2v) is 12.5. The fourth-order valence-electron chi connectivity index (χ4n) is 7.78. The second-order valence-electron chi connectivity index (χ2n) is 12.5. The van der Waals surface area contributed by atoms with Crippen molar-refractivity contribution in [2.24, 2.45) is 0 Å². The van der Waals surface area contributed by atoms with Gasteiger partial charge in [-0.2, -0.15) is 19.7 Å². The van der Waals surface area contributed by atoms with E-state index in [1.807, 2.05) is 11.8 Å². The third kappa shape index (κ3) is 4.33. The molecule has 0 radical (unpaired) electrons. The predicted molar refractivity (Wildman–Crippen MR) is 162 cm³/mol. The van der Waals surface area contributed by atoms with Crippen molar-refractivity contribution >= 4 is 27.5 Å². The van der Waals surface area contributed by atoms with Crippen molar-refractivity contribution < 1.29 is 21.4 Å². The Hall–Kier alpha value is -3.90.